The summed E-state index contributed by atoms with van der Waals surface area (Å²) in [5.41, 5.74) is 1.32. The van der Waals surface area contributed by atoms with Gasteiger partial charge in [-0.2, -0.15) is 0 Å². The quantitative estimate of drug-likeness (QED) is 0.542. The first-order valence-electron chi connectivity index (χ1n) is 10.1. The zero-order chi connectivity index (χ0) is 21.6. The zero-order valence-corrected chi connectivity index (χ0v) is 17.6. The first kappa shape index (κ1) is 24.7. The molecule has 0 atom stereocenters. The maximum atomic E-state index is 9.55. The molecular weight excluding hydrogens is 372 g/mol. The van der Waals surface area contributed by atoms with E-state index in [9.17, 15) is 9.59 Å². The van der Waals surface area contributed by atoms with E-state index in [1.54, 1.807) is 0 Å². The van der Waals surface area contributed by atoms with Gasteiger partial charge >= 0.3 is 11.9 Å². The highest BCUT2D eigenvalue weighted by Gasteiger charge is 2.22. The molecule has 2 rings (SSSR count). The van der Waals surface area contributed by atoms with Crippen molar-refractivity contribution in [2.75, 3.05) is 26.2 Å². The summed E-state index contributed by atoms with van der Waals surface area (Å²) in [7, 11) is 0. The lowest BCUT2D eigenvalue weighted by Crippen LogP contribution is -2.44. The maximum Gasteiger partial charge on any atom is 0.328 e. The molecule has 0 amide bonds. The second-order valence-corrected chi connectivity index (χ2v) is 7.36. The third-order valence-electron chi connectivity index (χ3n) is 4.44. The standard InChI is InChI=1S/C18H30N2O.C4H4O4/c1-4-21-18-8-6-5-7-16(18)14-20(13-15(2)3)17-9-11-19-12-10-17;5-3(6)1-2-4(7)8/h5-8,15,17,19H,4,9-14H2,1-3H3;1-2H,(H,5,6)(H,7,8). The highest BCUT2D eigenvalue weighted by Crippen LogP contribution is 2.23. The molecule has 1 aromatic rings. The van der Waals surface area contributed by atoms with E-state index < -0.39 is 11.9 Å². The van der Waals surface area contributed by atoms with Gasteiger partial charge < -0.3 is 20.3 Å². The number of rotatable bonds is 9. The minimum Gasteiger partial charge on any atom is -0.494 e. The van der Waals surface area contributed by atoms with Gasteiger partial charge in [0.1, 0.15) is 5.75 Å². The summed E-state index contributed by atoms with van der Waals surface area (Å²) in [5.74, 6) is -0.776. The van der Waals surface area contributed by atoms with Crippen molar-refractivity contribution in [1.29, 1.82) is 0 Å². The predicted molar refractivity (Wildman–Crippen MR) is 113 cm³/mol. The van der Waals surface area contributed by atoms with Crippen molar-refractivity contribution in [2.45, 2.75) is 46.2 Å². The van der Waals surface area contributed by atoms with Gasteiger partial charge in [-0.15, -0.1) is 0 Å². The largest absolute Gasteiger partial charge is 0.494 e. The van der Waals surface area contributed by atoms with Crippen LogP contribution in [0.1, 0.15) is 39.2 Å². The van der Waals surface area contributed by atoms with E-state index in [0.717, 1.165) is 38.5 Å². The Bertz CT molecular complexity index is 638. The molecule has 1 fully saturated rings. The Labute approximate surface area is 173 Å². The molecule has 1 aliphatic heterocycles. The van der Waals surface area contributed by atoms with E-state index in [4.69, 9.17) is 14.9 Å². The molecule has 7 heteroatoms. The van der Waals surface area contributed by atoms with Crippen LogP contribution in [0.5, 0.6) is 5.75 Å². The number of piperidine rings is 1. The fraction of sp³-hybridized carbons (Fsp3) is 0.545. The lowest BCUT2D eigenvalue weighted by Gasteiger charge is -2.36. The molecular formula is C22H34N2O5. The van der Waals surface area contributed by atoms with Crippen LogP contribution in [0.25, 0.3) is 0 Å². The number of hydrogen-bond acceptors (Lipinski definition) is 5. The van der Waals surface area contributed by atoms with Crippen LogP contribution in [-0.2, 0) is 16.1 Å². The Kier molecular flexibility index (Phi) is 11.7. The fourth-order valence-corrected chi connectivity index (χ4v) is 3.28. The smallest absolute Gasteiger partial charge is 0.328 e. The molecule has 0 aliphatic carbocycles. The van der Waals surface area contributed by atoms with Gasteiger partial charge in [-0.25, -0.2) is 9.59 Å². The van der Waals surface area contributed by atoms with Gasteiger partial charge in [0.05, 0.1) is 6.61 Å². The topological polar surface area (TPSA) is 99.1 Å². The van der Waals surface area contributed by atoms with E-state index in [1.807, 2.05) is 0 Å². The fourth-order valence-electron chi connectivity index (χ4n) is 3.28. The second kappa shape index (κ2) is 13.7. The summed E-state index contributed by atoms with van der Waals surface area (Å²) < 4.78 is 5.79. The van der Waals surface area contributed by atoms with Crippen LogP contribution in [-0.4, -0.2) is 59.3 Å². The highest BCUT2D eigenvalue weighted by atomic mass is 16.5. The Morgan fingerprint density at radius 3 is 2.28 bits per heavy atom. The average molecular weight is 407 g/mol. The number of benzene rings is 1. The van der Waals surface area contributed by atoms with Crippen molar-refractivity contribution < 1.29 is 24.5 Å². The van der Waals surface area contributed by atoms with Crippen LogP contribution in [0.4, 0.5) is 0 Å². The van der Waals surface area contributed by atoms with Crippen molar-refractivity contribution in [2.24, 2.45) is 5.92 Å². The minimum absolute atomic E-state index is 0.558. The number of ether oxygens (including phenoxy) is 1. The van der Waals surface area contributed by atoms with Crippen molar-refractivity contribution in [3.05, 3.63) is 42.0 Å². The van der Waals surface area contributed by atoms with Crippen LogP contribution >= 0.6 is 0 Å². The molecule has 0 aromatic heterocycles. The van der Waals surface area contributed by atoms with Gasteiger partial charge in [0.25, 0.3) is 0 Å². The summed E-state index contributed by atoms with van der Waals surface area (Å²) >= 11 is 0. The van der Waals surface area contributed by atoms with Gasteiger partial charge in [0.15, 0.2) is 0 Å². The molecule has 0 saturated carbocycles. The number of aliphatic carboxylic acids is 2. The van der Waals surface area contributed by atoms with E-state index >= 15 is 0 Å². The monoisotopic (exact) mass is 406 g/mol. The zero-order valence-electron chi connectivity index (χ0n) is 17.6. The Balaban J connectivity index is 0.000000447. The molecule has 0 bridgehead atoms. The van der Waals surface area contributed by atoms with Crippen LogP contribution in [0.2, 0.25) is 0 Å². The molecule has 1 aromatic carbocycles. The first-order chi connectivity index (χ1) is 13.8. The number of hydrogen-bond donors (Lipinski definition) is 3. The number of nitrogens with one attached hydrogen (secondary N) is 1. The highest BCUT2D eigenvalue weighted by molar-refractivity contribution is 5.89. The van der Waals surface area contributed by atoms with E-state index in [2.05, 4.69) is 55.3 Å². The van der Waals surface area contributed by atoms with E-state index in [0.29, 0.717) is 24.1 Å². The van der Waals surface area contributed by atoms with Crippen molar-refractivity contribution in [3.8, 4) is 5.75 Å². The summed E-state index contributed by atoms with van der Waals surface area (Å²) in [6, 6.07) is 9.18. The maximum absolute atomic E-state index is 9.55. The molecule has 0 unspecified atom stereocenters. The lowest BCUT2D eigenvalue weighted by atomic mass is 10.0. The van der Waals surface area contributed by atoms with Gasteiger partial charge in [0.2, 0.25) is 0 Å². The normalized spacial score (nSPS) is 14.7. The second-order valence-electron chi connectivity index (χ2n) is 7.36. The van der Waals surface area contributed by atoms with Crippen molar-refractivity contribution in [1.82, 2.24) is 10.2 Å². The molecule has 162 valence electrons. The molecule has 3 N–H and O–H groups in total. The Hall–Kier alpha value is -2.38. The molecule has 7 nitrogen and oxygen atoms in total. The number of carbonyl (C=O) groups is 2. The number of para-hydroxylation sites is 1. The van der Waals surface area contributed by atoms with Crippen molar-refractivity contribution in [3.63, 3.8) is 0 Å². The van der Waals surface area contributed by atoms with Gasteiger partial charge in [0, 0.05) is 36.8 Å². The van der Waals surface area contributed by atoms with E-state index in [1.165, 1.54) is 18.4 Å². The van der Waals surface area contributed by atoms with Crippen LogP contribution in [0.15, 0.2) is 36.4 Å². The molecule has 0 spiro atoms. The molecule has 1 aliphatic rings. The average Bonchev–Trinajstić information content (AvgIpc) is 2.68. The third-order valence-corrected chi connectivity index (χ3v) is 4.44. The van der Waals surface area contributed by atoms with Crippen LogP contribution in [0, 0.1) is 5.92 Å². The summed E-state index contributed by atoms with van der Waals surface area (Å²) in [6.07, 6.45) is 3.62. The molecule has 0 radical (unpaired) electrons. The van der Waals surface area contributed by atoms with Gasteiger partial charge in [-0.3, -0.25) is 4.90 Å². The van der Waals surface area contributed by atoms with E-state index in [-0.39, 0.29) is 0 Å². The molecule has 1 heterocycles. The molecule has 29 heavy (non-hydrogen) atoms. The SMILES string of the molecule is CCOc1ccccc1CN(CC(C)C)C1CCNCC1.O=C(O)C=CC(=O)O. The number of nitrogens with zero attached hydrogens (tertiary/aromatic N) is 1. The minimum atomic E-state index is -1.26. The Morgan fingerprint density at radius 1 is 1.17 bits per heavy atom. The number of carboxylic acids is 2. The summed E-state index contributed by atoms with van der Waals surface area (Å²) in [6.45, 7) is 11.8. The van der Waals surface area contributed by atoms with Gasteiger partial charge in [-0.1, -0.05) is 32.0 Å². The summed E-state index contributed by atoms with van der Waals surface area (Å²) in [5, 5.41) is 19.1. The van der Waals surface area contributed by atoms with Gasteiger partial charge in [-0.05, 0) is 44.8 Å². The van der Waals surface area contributed by atoms with Crippen LogP contribution < -0.4 is 10.1 Å². The van der Waals surface area contributed by atoms with Crippen LogP contribution in [0.3, 0.4) is 0 Å². The number of carboxylic acid groups (broad SMARTS) is 2. The summed E-state index contributed by atoms with van der Waals surface area (Å²) in [4.78, 5) is 21.8. The predicted octanol–water partition coefficient (Wildman–Crippen LogP) is 3.01. The first-order valence-corrected chi connectivity index (χ1v) is 10.1. The third kappa shape index (κ3) is 10.7. The van der Waals surface area contributed by atoms with Crippen molar-refractivity contribution >= 4 is 11.9 Å². The lowest BCUT2D eigenvalue weighted by molar-refractivity contribution is -0.134. The Morgan fingerprint density at radius 2 is 1.76 bits per heavy atom. The molecule has 1 saturated heterocycles.